The fourth-order valence-electron chi connectivity index (χ4n) is 0.232. The van der Waals surface area contributed by atoms with E-state index >= 15 is 0 Å². The van der Waals surface area contributed by atoms with Crippen molar-refractivity contribution in [1.29, 1.82) is 0 Å². The monoisotopic (exact) mass is 133 g/mol. The second kappa shape index (κ2) is 10.4. The molecular weight excluding hydrogens is 118 g/mol. The lowest BCUT2D eigenvalue weighted by Gasteiger charge is -1.90. The molecule has 56 valence electrons. The molecule has 0 bridgehead atoms. The molecule has 0 spiro atoms. The maximum atomic E-state index is 9.70. The average molecular weight is 133 g/mol. The van der Waals surface area contributed by atoms with Gasteiger partial charge in [-0.05, 0) is 6.54 Å². The third-order valence-electron chi connectivity index (χ3n) is 0.526. The van der Waals surface area contributed by atoms with Gasteiger partial charge in [0.05, 0.1) is 6.54 Å². The van der Waals surface area contributed by atoms with Gasteiger partial charge in [-0.3, -0.25) is 4.79 Å². The molecule has 0 heterocycles. The Morgan fingerprint density at radius 1 is 1.56 bits per heavy atom. The Morgan fingerprint density at radius 2 is 2.00 bits per heavy atom. The van der Waals surface area contributed by atoms with E-state index in [-0.39, 0.29) is 6.54 Å². The van der Waals surface area contributed by atoms with Crippen LogP contribution in [0.15, 0.2) is 0 Å². The van der Waals surface area contributed by atoms with Crippen LogP contribution >= 0.6 is 0 Å². The van der Waals surface area contributed by atoms with Crippen molar-refractivity contribution in [3.05, 3.63) is 0 Å². The summed E-state index contributed by atoms with van der Waals surface area (Å²) in [6, 6.07) is 0. The highest BCUT2D eigenvalue weighted by Gasteiger charge is 1.88. The van der Waals surface area contributed by atoms with E-state index in [1.807, 2.05) is 20.8 Å². The van der Waals surface area contributed by atoms with Gasteiger partial charge in [0.15, 0.2) is 0 Å². The zero-order valence-electron chi connectivity index (χ0n) is 6.27. The Labute approximate surface area is 56.1 Å². The molecular formula is C6H15NO2. The first kappa shape index (κ1) is 11.3. The number of carboxylic acid groups (broad SMARTS) is 1. The summed E-state index contributed by atoms with van der Waals surface area (Å²) in [6.45, 7) is 6.64. The van der Waals surface area contributed by atoms with Gasteiger partial charge in [0.2, 0.25) is 0 Å². The van der Waals surface area contributed by atoms with Crippen LogP contribution in [0.4, 0.5) is 0 Å². The minimum Gasteiger partial charge on any atom is -0.480 e. The Hall–Kier alpha value is -0.570. The lowest BCUT2D eigenvalue weighted by Crippen LogP contribution is -2.21. The van der Waals surface area contributed by atoms with Crippen molar-refractivity contribution < 1.29 is 9.90 Å². The second-order valence-corrected chi connectivity index (χ2v) is 1.17. The van der Waals surface area contributed by atoms with Gasteiger partial charge >= 0.3 is 5.97 Å². The van der Waals surface area contributed by atoms with E-state index in [0.717, 1.165) is 0 Å². The topological polar surface area (TPSA) is 49.3 Å². The maximum Gasteiger partial charge on any atom is 0.317 e. The van der Waals surface area contributed by atoms with E-state index in [4.69, 9.17) is 5.11 Å². The number of carbonyl (C=O) groups is 1. The van der Waals surface area contributed by atoms with Crippen LogP contribution < -0.4 is 5.32 Å². The highest BCUT2D eigenvalue weighted by molar-refractivity contribution is 5.68. The van der Waals surface area contributed by atoms with E-state index in [2.05, 4.69) is 5.32 Å². The summed E-state index contributed by atoms with van der Waals surface area (Å²) in [5.41, 5.74) is 0. The van der Waals surface area contributed by atoms with Crippen molar-refractivity contribution in [3.63, 3.8) is 0 Å². The third-order valence-corrected chi connectivity index (χ3v) is 0.526. The molecule has 0 aliphatic carbocycles. The number of nitrogens with one attached hydrogen (secondary N) is 1. The Kier molecular flexibility index (Phi) is 13.0. The summed E-state index contributed by atoms with van der Waals surface area (Å²) >= 11 is 0. The first-order valence-corrected chi connectivity index (χ1v) is 3.20. The van der Waals surface area contributed by atoms with Gasteiger partial charge in [-0.2, -0.15) is 0 Å². The van der Waals surface area contributed by atoms with Crippen molar-refractivity contribution in [1.82, 2.24) is 5.32 Å². The summed E-state index contributed by atoms with van der Waals surface area (Å²) in [5.74, 6) is -0.804. The van der Waals surface area contributed by atoms with Crippen molar-refractivity contribution in [2.45, 2.75) is 20.8 Å². The molecule has 9 heavy (non-hydrogen) atoms. The minimum atomic E-state index is -0.804. The van der Waals surface area contributed by atoms with Crippen LogP contribution in [0.1, 0.15) is 20.8 Å². The fourth-order valence-corrected chi connectivity index (χ4v) is 0.232. The molecule has 0 atom stereocenters. The van der Waals surface area contributed by atoms with Gasteiger partial charge in [0.25, 0.3) is 0 Å². The highest BCUT2D eigenvalue weighted by atomic mass is 16.4. The average Bonchev–Trinajstić information content (AvgIpc) is 1.88. The Morgan fingerprint density at radius 3 is 2.11 bits per heavy atom. The molecule has 0 amide bonds. The second-order valence-electron chi connectivity index (χ2n) is 1.17. The zero-order chi connectivity index (χ0) is 7.70. The summed E-state index contributed by atoms with van der Waals surface area (Å²) in [7, 11) is 0. The van der Waals surface area contributed by atoms with E-state index in [1.165, 1.54) is 0 Å². The molecule has 0 radical (unpaired) electrons. The van der Waals surface area contributed by atoms with E-state index in [9.17, 15) is 4.79 Å². The number of hydrogen-bond acceptors (Lipinski definition) is 2. The molecule has 0 aliphatic heterocycles. The van der Waals surface area contributed by atoms with Crippen molar-refractivity contribution in [2.24, 2.45) is 0 Å². The van der Waals surface area contributed by atoms with E-state index < -0.39 is 5.97 Å². The molecule has 0 aliphatic rings. The molecule has 0 unspecified atom stereocenters. The first-order chi connectivity index (χ1) is 4.27. The lowest BCUT2D eigenvalue weighted by molar-refractivity contribution is -0.135. The smallest absolute Gasteiger partial charge is 0.317 e. The summed E-state index contributed by atoms with van der Waals surface area (Å²) in [6.07, 6.45) is 0. The molecule has 0 saturated carbocycles. The van der Waals surface area contributed by atoms with Gasteiger partial charge < -0.3 is 10.4 Å². The highest BCUT2D eigenvalue weighted by Crippen LogP contribution is 1.56. The fraction of sp³-hybridized carbons (Fsp3) is 0.833. The molecule has 2 N–H and O–H groups in total. The standard InChI is InChI=1S/C4H9NO2.C2H6/c1-2-5-3-4(6)7;1-2/h5H,2-3H2,1H3,(H,6,7);1-2H3. The number of likely N-dealkylation sites (N-methyl/N-ethyl adjacent to an activating group) is 1. The molecule has 0 saturated heterocycles. The summed E-state index contributed by atoms with van der Waals surface area (Å²) in [4.78, 5) is 9.70. The van der Waals surface area contributed by atoms with Crippen LogP contribution in [-0.2, 0) is 4.79 Å². The third kappa shape index (κ3) is 18.6. The van der Waals surface area contributed by atoms with Crippen LogP contribution in [0.25, 0.3) is 0 Å². The Balaban J connectivity index is 0. The van der Waals surface area contributed by atoms with Gasteiger partial charge in [-0.25, -0.2) is 0 Å². The molecule has 0 aromatic carbocycles. The molecule has 0 aromatic heterocycles. The normalized spacial score (nSPS) is 7.44. The SMILES string of the molecule is CC.CCNCC(=O)O. The number of carboxylic acids is 1. The van der Waals surface area contributed by atoms with Crippen molar-refractivity contribution in [2.75, 3.05) is 13.1 Å². The molecule has 0 rings (SSSR count). The first-order valence-electron chi connectivity index (χ1n) is 3.20. The summed E-state index contributed by atoms with van der Waals surface area (Å²) in [5, 5.41) is 10.6. The zero-order valence-corrected chi connectivity index (χ0v) is 6.27. The predicted octanol–water partition coefficient (Wildman–Crippen LogP) is 0.707. The molecule has 3 nitrogen and oxygen atoms in total. The molecule has 3 heteroatoms. The van der Waals surface area contributed by atoms with Crippen molar-refractivity contribution in [3.8, 4) is 0 Å². The van der Waals surface area contributed by atoms with Gasteiger partial charge in [-0.15, -0.1) is 0 Å². The molecule has 0 aromatic rings. The van der Waals surface area contributed by atoms with Crippen LogP contribution in [0.5, 0.6) is 0 Å². The van der Waals surface area contributed by atoms with Crippen molar-refractivity contribution >= 4 is 5.97 Å². The van der Waals surface area contributed by atoms with E-state index in [0.29, 0.717) is 6.54 Å². The van der Waals surface area contributed by atoms with Crippen LogP contribution in [0.2, 0.25) is 0 Å². The maximum absolute atomic E-state index is 9.70. The van der Waals surface area contributed by atoms with Gasteiger partial charge in [0, 0.05) is 0 Å². The molecule has 0 fully saturated rings. The van der Waals surface area contributed by atoms with Crippen LogP contribution in [-0.4, -0.2) is 24.2 Å². The number of hydrogen-bond donors (Lipinski definition) is 2. The minimum absolute atomic E-state index is 0.0660. The quantitative estimate of drug-likeness (QED) is 0.596. The number of rotatable bonds is 3. The predicted molar refractivity (Wildman–Crippen MR) is 37.5 cm³/mol. The largest absolute Gasteiger partial charge is 0.480 e. The van der Waals surface area contributed by atoms with Gasteiger partial charge in [0.1, 0.15) is 0 Å². The van der Waals surface area contributed by atoms with E-state index in [1.54, 1.807) is 0 Å². The summed E-state index contributed by atoms with van der Waals surface area (Å²) < 4.78 is 0. The Bertz CT molecular complexity index is 64.1. The van der Waals surface area contributed by atoms with Crippen LogP contribution in [0, 0.1) is 0 Å². The van der Waals surface area contributed by atoms with Crippen LogP contribution in [0.3, 0.4) is 0 Å². The van der Waals surface area contributed by atoms with Gasteiger partial charge in [-0.1, -0.05) is 20.8 Å². The lowest BCUT2D eigenvalue weighted by atomic mass is 10.6. The number of aliphatic carboxylic acids is 1.